The second-order valence-electron chi connectivity index (χ2n) is 7.01. The normalized spacial score (nSPS) is 11.8. The van der Waals surface area contributed by atoms with Gasteiger partial charge < -0.3 is 10.1 Å². The van der Waals surface area contributed by atoms with Gasteiger partial charge in [-0.1, -0.05) is 37.3 Å². The molecule has 3 aromatic carbocycles. The van der Waals surface area contributed by atoms with E-state index in [1.165, 1.54) is 61.5 Å². The average molecular weight is 481 g/mol. The predicted molar refractivity (Wildman–Crippen MR) is 115 cm³/mol. The van der Waals surface area contributed by atoms with Crippen LogP contribution in [0.3, 0.4) is 0 Å². The highest BCUT2D eigenvalue weighted by Gasteiger charge is 2.32. The minimum atomic E-state index is -4.93. The highest BCUT2D eigenvalue weighted by atomic mass is 32.2. The van der Waals surface area contributed by atoms with E-state index in [2.05, 4.69) is 10.1 Å². The van der Waals surface area contributed by atoms with Crippen molar-refractivity contribution in [3.05, 3.63) is 78.1 Å². The van der Waals surface area contributed by atoms with Crippen LogP contribution in [0.5, 0.6) is 5.75 Å². The van der Waals surface area contributed by atoms with Crippen molar-refractivity contribution in [1.82, 2.24) is 0 Å². The molecule has 0 heterocycles. The Labute approximate surface area is 187 Å². The number of nitrogens with one attached hydrogen (secondary N) is 1. The van der Waals surface area contributed by atoms with Gasteiger partial charge in [-0.15, -0.1) is 13.2 Å². The zero-order valence-electron chi connectivity index (χ0n) is 17.3. The molecule has 0 unspecified atom stereocenters. The smallest absolute Gasteiger partial charge is 0.405 e. The zero-order chi connectivity index (χ0) is 24.2. The van der Waals surface area contributed by atoms with E-state index in [-0.39, 0.29) is 33.9 Å². The molecular formula is C23H19F4NO4S. The third-order valence-electron chi connectivity index (χ3n) is 4.68. The van der Waals surface area contributed by atoms with Crippen LogP contribution in [0.25, 0.3) is 11.1 Å². The Balaban J connectivity index is 1.73. The van der Waals surface area contributed by atoms with Crippen molar-refractivity contribution in [1.29, 1.82) is 0 Å². The second-order valence-corrected chi connectivity index (χ2v) is 9.29. The Morgan fingerprint density at radius 3 is 2.24 bits per heavy atom. The van der Waals surface area contributed by atoms with Crippen LogP contribution in [-0.2, 0) is 21.1 Å². The van der Waals surface area contributed by atoms with Crippen LogP contribution in [0.15, 0.2) is 71.6 Å². The quantitative estimate of drug-likeness (QED) is 0.461. The Bertz CT molecular complexity index is 1260. The highest BCUT2D eigenvalue weighted by molar-refractivity contribution is 7.91. The summed E-state index contributed by atoms with van der Waals surface area (Å²) in [6.07, 6.45) is -5.02. The SMILES string of the molecule is CCS(=O)(=O)c1ccc(CC(=O)Nc2ccc(-c3ccccc3OC(F)(F)F)c(F)c2)cc1. The first-order valence-electron chi connectivity index (χ1n) is 9.75. The van der Waals surface area contributed by atoms with E-state index in [9.17, 15) is 30.8 Å². The molecule has 0 atom stereocenters. The second kappa shape index (κ2) is 9.62. The molecule has 0 spiro atoms. The molecule has 5 nitrogen and oxygen atoms in total. The standard InChI is InChI=1S/C23H19F4NO4S/c1-2-33(30,31)17-10-7-15(8-11-17)13-22(29)28-16-9-12-18(20(24)14-16)19-5-3-4-6-21(19)32-23(25,26)27/h3-12,14H,2,13H2,1H3,(H,28,29). The lowest BCUT2D eigenvalue weighted by molar-refractivity contribution is -0.274. The maximum Gasteiger partial charge on any atom is 0.573 e. The van der Waals surface area contributed by atoms with E-state index in [1.54, 1.807) is 0 Å². The third-order valence-corrected chi connectivity index (χ3v) is 6.43. The summed E-state index contributed by atoms with van der Waals surface area (Å²) in [7, 11) is -3.35. The number of amides is 1. The molecular weight excluding hydrogens is 462 g/mol. The van der Waals surface area contributed by atoms with Gasteiger partial charge in [0.25, 0.3) is 0 Å². The lowest BCUT2D eigenvalue weighted by Gasteiger charge is -2.14. The Morgan fingerprint density at radius 2 is 1.64 bits per heavy atom. The molecule has 0 fully saturated rings. The fraction of sp³-hybridized carbons (Fsp3) is 0.174. The number of para-hydroxylation sites is 1. The van der Waals surface area contributed by atoms with E-state index in [1.807, 2.05) is 0 Å². The Morgan fingerprint density at radius 1 is 0.970 bits per heavy atom. The monoisotopic (exact) mass is 481 g/mol. The van der Waals surface area contributed by atoms with Gasteiger partial charge in [0.05, 0.1) is 17.1 Å². The first-order chi connectivity index (χ1) is 15.5. The van der Waals surface area contributed by atoms with Gasteiger partial charge in [0, 0.05) is 16.8 Å². The van der Waals surface area contributed by atoms with Gasteiger partial charge in [0.15, 0.2) is 9.84 Å². The molecule has 3 aromatic rings. The van der Waals surface area contributed by atoms with Crippen molar-refractivity contribution >= 4 is 21.4 Å². The van der Waals surface area contributed by atoms with Gasteiger partial charge in [0.2, 0.25) is 5.91 Å². The molecule has 3 rings (SSSR count). The molecule has 33 heavy (non-hydrogen) atoms. The van der Waals surface area contributed by atoms with E-state index in [4.69, 9.17) is 0 Å². The summed E-state index contributed by atoms with van der Waals surface area (Å²) < 4.78 is 80.2. The van der Waals surface area contributed by atoms with Gasteiger partial charge in [-0.2, -0.15) is 0 Å². The van der Waals surface area contributed by atoms with Crippen LogP contribution in [0, 0.1) is 5.82 Å². The Kier molecular flexibility index (Phi) is 7.06. The van der Waals surface area contributed by atoms with Crippen molar-refractivity contribution in [3.8, 4) is 16.9 Å². The van der Waals surface area contributed by atoms with Crippen molar-refractivity contribution in [3.63, 3.8) is 0 Å². The number of hydrogen-bond donors (Lipinski definition) is 1. The maximum atomic E-state index is 14.7. The number of alkyl halides is 3. The van der Waals surface area contributed by atoms with Crippen LogP contribution in [0.1, 0.15) is 12.5 Å². The van der Waals surface area contributed by atoms with Crippen LogP contribution in [-0.4, -0.2) is 26.4 Å². The molecule has 174 valence electrons. The lowest BCUT2D eigenvalue weighted by atomic mass is 10.0. The van der Waals surface area contributed by atoms with E-state index >= 15 is 0 Å². The molecule has 0 aliphatic heterocycles. The van der Waals surface area contributed by atoms with Gasteiger partial charge in [-0.3, -0.25) is 4.79 Å². The molecule has 0 bridgehead atoms. The molecule has 1 amide bonds. The molecule has 0 saturated carbocycles. The van der Waals surface area contributed by atoms with Crippen molar-refractivity contribution in [2.45, 2.75) is 24.6 Å². The fourth-order valence-electron chi connectivity index (χ4n) is 3.09. The molecule has 1 N–H and O–H groups in total. The van der Waals surface area contributed by atoms with Crippen LogP contribution in [0.2, 0.25) is 0 Å². The molecule has 0 radical (unpaired) electrons. The first kappa shape index (κ1) is 24.2. The zero-order valence-corrected chi connectivity index (χ0v) is 18.1. The average Bonchev–Trinajstić information content (AvgIpc) is 2.74. The molecule has 0 saturated heterocycles. The van der Waals surface area contributed by atoms with Gasteiger partial charge >= 0.3 is 6.36 Å². The largest absolute Gasteiger partial charge is 0.573 e. The van der Waals surface area contributed by atoms with Crippen LogP contribution >= 0.6 is 0 Å². The van der Waals surface area contributed by atoms with E-state index < -0.39 is 33.7 Å². The number of rotatable bonds is 7. The molecule has 0 aromatic heterocycles. The number of benzene rings is 3. The summed E-state index contributed by atoms with van der Waals surface area (Å²) in [6.45, 7) is 1.53. The van der Waals surface area contributed by atoms with Gasteiger partial charge in [0.1, 0.15) is 11.6 Å². The molecule has 10 heteroatoms. The number of anilines is 1. The summed E-state index contributed by atoms with van der Waals surface area (Å²) >= 11 is 0. The minimum Gasteiger partial charge on any atom is -0.405 e. The topological polar surface area (TPSA) is 72.5 Å². The molecule has 0 aliphatic rings. The third kappa shape index (κ3) is 6.32. The van der Waals surface area contributed by atoms with Gasteiger partial charge in [-0.05, 0) is 42.0 Å². The number of halogens is 4. The van der Waals surface area contributed by atoms with Crippen molar-refractivity contribution < 1.29 is 35.5 Å². The van der Waals surface area contributed by atoms with Crippen LogP contribution in [0.4, 0.5) is 23.2 Å². The number of hydrogen-bond acceptors (Lipinski definition) is 4. The Hall–Kier alpha value is -3.40. The summed E-state index contributed by atoms with van der Waals surface area (Å²) in [4.78, 5) is 12.5. The summed E-state index contributed by atoms with van der Waals surface area (Å²) in [6, 6.07) is 14.6. The van der Waals surface area contributed by atoms with E-state index in [0.29, 0.717) is 5.56 Å². The fourth-order valence-corrected chi connectivity index (χ4v) is 3.97. The van der Waals surface area contributed by atoms with Crippen molar-refractivity contribution in [2.75, 3.05) is 11.1 Å². The highest BCUT2D eigenvalue weighted by Crippen LogP contribution is 2.35. The first-order valence-corrected chi connectivity index (χ1v) is 11.4. The summed E-state index contributed by atoms with van der Waals surface area (Å²) in [5, 5.41) is 2.51. The van der Waals surface area contributed by atoms with E-state index in [0.717, 1.165) is 12.1 Å². The van der Waals surface area contributed by atoms with Crippen molar-refractivity contribution in [2.24, 2.45) is 0 Å². The van der Waals surface area contributed by atoms with Gasteiger partial charge in [-0.25, -0.2) is 12.8 Å². The lowest BCUT2D eigenvalue weighted by Crippen LogP contribution is -2.17. The minimum absolute atomic E-state index is 0.0405. The predicted octanol–water partition coefficient (Wildman–Crippen LogP) is 5.37. The number of sulfone groups is 1. The maximum absolute atomic E-state index is 14.7. The number of ether oxygens (including phenoxy) is 1. The summed E-state index contributed by atoms with van der Waals surface area (Å²) in [5.41, 5.74) is 0.450. The molecule has 0 aliphatic carbocycles. The number of carbonyl (C=O) groups is 1. The van der Waals surface area contributed by atoms with Crippen LogP contribution < -0.4 is 10.1 Å². The number of carbonyl (C=O) groups excluding carboxylic acids is 1. The summed E-state index contributed by atoms with van der Waals surface area (Å²) in [5.74, 6) is -1.91.